The molecule has 0 aliphatic heterocycles. The van der Waals surface area contributed by atoms with Crippen LogP contribution in [0.4, 0.5) is 8.78 Å². The van der Waals surface area contributed by atoms with Gasteiger partial charge in [-0.15, -0.1) is 0 Å². The van der Waals surface area contributed by atoms with Gasteiger partial charge in [-0.25, -0.2) is 8.78 Å². The summed E-state index contributed by atoms with van der Waals surface area (Å²) in [4.78, 5) is 16.4. The zero-order valence-electron chi connectivity index (χ0n) is 16.6. The topological polar surface area (TPSA) is 23.6 Å². The summed E-state index contributed by atoms with van der Waals surface area (Å²) in [6.07, 6.45) is 0. The van der Waals surface area contributed by atoms with Crippen LogP contribution in [0, 0.1) is 11.6 Å². The van der Waals surface area contributed by atoms with Gasteiger partial charge in [0.15, 0.2) is 0 Å². The summed E-state index contributed by atoms with van der Waals surface area (Å²) >= 11 is 0. The van der Waals surface area contributed by atoms with Gasteiger partial charge in [-0.2, -0.15) is 0 Å². The molecular weight excluding hydrogens is 370 g/mol. The minimum absolute atomic E-state index is 0.0901. The van der Waals surface area contributed by atoms with Crippen LogP contribution in [0.1, 0.15) is 22.7 Å². The van der Waals surface area contributed by atoms with Crippen molar-refractivity contribution >= 4 is 5.91 Å². The van der Waals surface area contributed by atoms with Gasteiger partial charge in [0.2, 0.25) is 5.91 Å². The Morgan fingerprint density at radius 1 is 0.862 bits per heavy atom. The molecular formula is C24H24F2N2O. The highest BCUT2D eigenvalue weighted by molar-refractivity contribution is 5.79. The first kappa shape index (κ1) is 20.7. The minimum atomic E-state index is -0.613. The first-order valence-electron chi connectivity index (χ1n) is 9.43. The number of amides is 1. The number of carbonyl (C=O) groups is 1. The van der Waals surface area contributed by atoms with E-state index < -0.39 is 11.6 Å². The number of halogens is 2. The molecule has 3 aromatic rings. The second-order valence-electron chi connectivity index (χ2n) is 7.14. The average Bonchev–Trinajstić information content (AvgIpc) is 2.72. The highest BCUT2D eigenvalue weighted by Gasteiger charge is 2.24. The fraction of sp³-hybridized carbons (Fsp3) is 0.208. The molecule has 3 nitrogen and oxygen atoms in total. The van der Waals surface area contributed by atoms with E-state index in [9.17, 15) is 13.6 Å². The van der Waals surface area contributed by atoms with E-state index in [-0.39, 0.29) is 25.0 Å². The van der Waals surface area contributed by atoms with E-state index in [0.29, 0.717) is 5.56 Å². The van der Waals surface area contributed by atoms with Gasteiger partial charge in [0.1, 0.15) is 11.6 Å². The third kappa shape index (κ3) is 5.27. The summed E-state index contributed by atoms with van der Waals surface area (Å²) in [6, 6.07) is 23.0. The Bertz CT molecular complexity index is 908. The van der Waals surface area contributed by atoms with E-state index in [1.54, 1.807) is 23.9 Å². The number of carbonyl (C=O) groups excluding carboxylic acids is 1. The molecule has 5 heteroatoms. The summed E-state index contributed by atoms with van der Waals surface area (Å²) in [6.45, 7) is 0.330. The third-order valence-corrected chi connectivity index (χ3v) is 4.87. The van der Waals surface area contributed by atoms with Crippen molar-refractivity contribution in [2.45, 2.75) is 12.6 Å². The molecule has 0 heterocycles. The Labute approximate surface area is 170 Å². The van der Waals surface area contributed by atoms with Gasteiger partial charge in [-0.3, -0.25) is 9.69 Å². The summed E-state index contributed by atoms with van der Waals surface area (Å²) in [7, 11) is 3.52. The van der Waals surface area contributed by atoms with Gasteiger partial charge < -0.3 is 4.90 Å². The Hall–Kier alpha value is -3.05. The molecule has 0 saturated heterocycles. The molecule has 0 radical (unpaired) electrons. The van der Waals surface area contributed by atoms with Crippen molar-refractivity contribution in [1.29, 1.82) is 0 Å². The maximum atomic E-state index is 13.9. The SMILES string of the molecule is CN(CC(=O)N(C)C(c1ccccc1)c1ccccc1)Cc1ccc(F)cc1F. The molecule has 29 heavy (non-hydrogen) atoms. The molecule has 0 aromatic heterocycles. The number of hydrogen-bond donors (Lipinski definition) is 0. The van der Waals surface area contributed by atoms with Gasteiger partial charge in [-0.1, -0.05) is 66.7 Å². The Kier molecular flexibility index (Phi) is 6.73. The molecule has 3 aromatic carbocycles. The lowest BCUT2D eigenvalue weighted by atomic mass is 9.97. The lowest BCUT2D eigenvalue weighted by Gasteiger charge is -2.31. The van der Waals surface area contributed by atoms with Gasteiger partial charge in [0, 0.05) is 25.2 Å². The quantitative estimate of drug-likeness (QED) is 0.583. The predicted molar refractivity (Wildman–Crippen MR) is 110 cm³/mol. The summed E-state index contributed by atoms with van der Waals surface area (Å²) in [5.74, 6) is -1.31. The molecule has 0 saturated carbocycles. The van der Waals surface area contributed by atoms with Crippen LogP contribution < -0.4 is 0 Å². The fourth-order valence-electron chi connectivity index (χ4n) is 3.39. The standard InChI is InChI=1S/C24H24F2N2O/c1-27(16-20-13-14-21(25)15-22(20)26)17-23(29)28(2)24(18-9-5-3-6-10-18)19-11-7-4-8-12-19/h3-15,24H,16-17H2,1-2H3. The second-order valence-corrected chi connectivity index (χ2v) is 7.14. The lowest BCUT2D eigenvalue weighted by Crippen LogP contribution is -2.39. The van der Waals surface area contributed by atoms with E-state index in [4.69, 9.17) is 0 Å². The van der Waals surface area contributed by atoms with Crippen molar-refractivity contribution in [2.24, 2.45) is 0 Å². The number of rotatable bonds is 7. The fourth-order valence-corrected chi connectivity index (χ4v) is 3.39. The molecule has 0 spiro atoms. The summed E-state index contributed by atoms with van der Waals surface area (Å²) < 4.78 is 27.0. The second kappa shape index (κ2) is 9.43. The summed E-state index contributed by atoms with van der Waals surface area (Å²) in [5.41, 5.74) is 2.38. The van der Waals surface area contributed by atoms with E-state index >= 15 is 0 Å². The van der Waals surface area contributed by atoms with Crippen molar-refractivity contribution in [3.05, 3.63) is 107 Å². The Morgan fingerprint density at radius 3 is 1.93 bits per heavy atom. The first-order chi connectivity index (χ1) is 14.0. The number of benzene rings is 3. The van der Waals surface area contributed by atoms with Crippen molar-refractivity contribution < 1.29 is 13.6 Å². The van der Waals surface area contributed by atoms with Crippen molar-refractivity contribution in [3.63, 3.8) is 0 Å². The molecule has 0 aliphatic rings. The van der Waals surface area contributed by atoms with Gasteiger partial charge in [-0.05, 0) is 24.2 Å². The van der Waals surface area contributed by atoms with Gasteiger partial charge in [0.25, 0.3) is 0 Å². The minimum Gasteiger partial charge on any atom is -0.334 e. The predicted octanol–water partition coefficient (Wildman–Crippen LogP) is 4.64. The Balaban J connectivity index is 1.75. The maximum Gasteiger partial charge on any atom is 0.237 e. The molecule has 0 unspecified atom stereocenters. The average molecular weight is 394 g/mol. The normalized spacial score (nSPS) is 11.1. The van der Waals surface area contributed by atoms with Crippen molar-refractivity contribution in [3.8, 4) is 0 Å². The van der Waals surface area contributed by atoms with Crippen molar-refractivity contribution in [2.75, 3.05) is 20.6 Å². The van der Waals surface area contributed by atoms with Gasteiger partial charge in [0.05, 0.1) is 12.6 Å². The molecule has 0 aliphatic carbocycles. The van der Waals surface area contributed by atoms with E-state index in [1.807, 2.05) is 60.7 Å². The summed E-state index contributed by atoms with van der Waals surface area (Å²) in [5, 5.41) is 0. The first-order valence-corrected chi connectivity index (χ1v) is 9.43. The van der Waals surface area contributed by atoms with E-state index in [2.05, 4.69) is 0 Å². The van der Waals surface area contributed by atoms with Crippen LogP contribution in [-0.4, -0.2) is 36.3 Å². The van der Waals surface area contributed by atoms with Crippen LogP contribution in [0.15, 0.2) is 78.9 Å². The van der Waals surface area contributed by atoms with Crippen LogP contribution in [0.2, 0.25) is 0 Å². The highest BCUT2D eigenvalue weighted by atomic mass is 19.1. The number of hydrogen-bond acceptors (Lipinski definition) is 2. The van der Waals surface area contributed by atoms with Crippen molar-refractivity contribution in [1.82, 2.24) is 9.80 Å². The molecule has 0 bridgehead atoms. The molecule has 3 rings (SSSR count). The van der Waals surface area contributed by atoms with Crippen LogP contribution in [0.25, 0.3) is 0 Å². The zero-order valence-corrected chi connectivity index (χ0v) is 16.6. The maximum absolute atomic E-state index is 13.9. The molecule has 0 fully saturated rings. The molecule has 1 amide bonds. The lowest BCUT2D eigenvalue weighted by molar-refractivity contribution is -0.132. The smallest absolute Gasteiger partial charge is 0.237 e. The van der Waals surface area contributed by atoms with Crippen LogP contribution in [-0.2, 0) is 11.3 Å². The van der Waals surface area contributed by atoms with Gasteiger partial charge >= 0.3 is 0 Å². The van der Waals surface area contributed by atoms with E-state index in [0.717, 1.165) is 17.2 Å². The molecule has 0 N–H and O–H groups in total. The molecule has 0 atom stereocenters. The zero-order chi connectivity index (χ0) is 20.8. The highest BCUT2D eigenvalue weighted by Crippen LogP contribution is 2.27. The largest absolute Gasteiger partial charge is 0.334 e. The Morgan fingerprint density at radius 2 is 1.41 bits per heavy atom. The van der Waals surface area contributed by atoms with Crippen LogP contribution in [0.5, 0.6) is 0 Å². The van der Waals surface area contributed by atoms with E-state index in [1.165, 1.54) is 12.1 Å². The number of likely N-dealkylation sites (N-methyl/N-ethyl adjacent to an activating group) is 2. The van der Waals surface area contributed by atoms with Crippen LogP contribution >= 0.6 is 0 Å². The van der Waals surface area contributed by atoms with Crippen LogP contribution in [0.3, 0.4) is 0 Å². The molecule has 150 valence electrons. The number of nitrogens with zero attached hydrogens (tertiary/aromatic N) is 2. The monoisotopic (exact) mass is 394 g/mol. The third-order valence-electron chi connectivity index (χ3n) is 4.87.